The standard InChI is InChI=1S/C17H24F2N2O3/c1-4-23-13-9-17(20,16(13,2)3)14(22)21-10-11-5-7-12(8-6-11)24-15(18)19/h5-8,13,15H,4,9-10,20H2,1-3H3,(H,21,22). The molecule has 0 bridgehead atoms. The van der Waals surface area contributed by atoms with Crippen LogP contribution in [0.2, 0.25) is 0 Å². The van der Waals surface area contributed by atoms with E-state index < -0.39 is 17.6 Å². The molecule has 1 aliphatic rings. The van der Waals surface area contributed by atoms with E-state index in [1.807, 2.05) is 20.8 Å². The van der Waals surface area contributed by atoms with Crippen LogP contribution in [0.3, 0.4) is 0 Å². The van der Waals surface area contributed by atoms with Gasteiger partial charge in [0.05, 0.1) is 6.10 Å². The smallest absolute Gasteiger partial charge is 0.387 e. The van der Waals surface area contributed by atoms with Crippen molar-refractivity contribution in [3.05, 3.63) is 29.8 Å². The Morgan fingerprint density at radius 1 is 1.38 bits per heavy atom. The molecule has 2 unspecified atom stereocenters. The van der Waals surface area contributed by atoms with Gasteiger partial charge < -0.3 is 20.5 Å². The summed E-state index contributed by atoms with van der Waals surface area (Å²) in [5.41, 5.74) is 5.63. The van der Waals surface area contributed by atoms with Crippen LogP contribution in [0.15, 0.2) is 24.3 Å². The predicted molar refractivity (Wildman–Crippen MR) is 85.7 cm³/mol. The van der Waals surface area contributed by atoms with Gasteiger partial charge in [-0.1, -0.05) is 26.0 Å². The first-order valence-electron chi connectivity index (χ1n) is 7.93. The molecule has 1 aliphatic carbocycles. The lowest BCUT2D eigenvalue weighted by Crippen LogP contribution is -2.75. The number of carbonyl (C=O) groups excluding carboxylic acids is 1. The van der Waals surface area contributed by atoms with Crippen molar-refractivity contribution in [3.8, 4) is 5.75 Å². The zero-order valence-corrected chi connectivity index (χ0v) is 14.1. The fraction of sp³-hybridized carbons (Fsp3) is 0.588. The maximum atomic E-state index is 12.5. The Hall–Kier alpha value is -1.73. The average molecular weight is 342 g/mol. The molecule has 0 radical (unpaired) electrons. The normalized spacial score (nSPS) is 25.2. The summed E-state index contributed by atoms with van der Waals surface area (Å²) in [7, 11) is 0. The molecule has 1 saturated carbocycles. The molecule has 1 aromatic carbocycles. The fourth-order valence-corrected chi connectivity index (χ4v) is 2.95. The van der Waals surface area contributed by atoms with Crippen molar-refractivity contribution in [2.75, 3.05) is 6.61 Å². The van der Waals surface area contributed by atoms with Crippen LogP contribution in [0.5, 0.6) is 5.75 Å². The van der Waals surface area contributed by atoms with Crippen molar-refractivity contribution >= 4 is 5.91 Å². The summed E-state index contributed by atoms with van der Waals surface area (Å²) >= 11 is 0. The lowest BCUT2D eigenvalue weighted by molar-refractivity contribution is -0.170. The first kappa shape index (κ1) is 18.6. The number of amides is 1. The second kappa shape index (κ2) is 7.03. The summed E-state index contributed by atoms with van der Waals surface area (Å²) in [5.74, 6) is -0.161. The van der Waals surface area contributed by atoms with Crippen LogP contribution in [-0.2, 0) is 16.1 Å². The van der Waals surface area contributed by atoms with Crippen molar-refractivity contribution in [1.82, 2.24) is 5.32 Å². The van der Waals surface area contributed by atoms with E-state index in [1.54, 1.807) is 12.1 Å². The van der Waals surface area contributed by atoms with Crippen molar-refractivity contribution in [2.24, 2.45) is 11.1 Å². The summed E-state index contributed by atoms with van der Waals surface area (Å²) in [6.45, 7) is 3.75. The van der Waals surface area contributed by atoms with E-state index in [1.165, 1.54) is 12.1 Å². The van der Waals surface area contributed by atoms with Crippen LogP contribution < -0.4 is 15.8 Å². The molecule has 0 spiro atoms. The lowest BCUT2D eigenvalue weighted by atomic mass is 9.54. The molecule has 24 heavy (non-hydrogen) atoms. The number of hydrogen-bond donors (Lipinski definition) is 2. The molecule has 2 rings (SSSR count). The first-order valence-corrected chi connectivity index (χ1v) is 7.93. The van der Waals surface area contributed by atoms with Crippen LogP contribution in [0.1, 0.15) is 32.8 Å². The number of alkyl halides is 2. The molecule has 134 valence electrons. The van der Waals surface area contributed by atoms with Gasteiger partial charge >= 0.3 is 6.61 Å². The summed E-state index contributed by atoms with van der Waals surface area (Å²) in [6.07, 6.45) is 0.435. The van der Waals surface area contributed by atoms with Crippen LogP contribution in [0, 0.1) is 5.41 Å². The van der Waals surface area contributed by atoms with Gasteiger partial charge in [-0.25, -0.2) is 0 Å². The van der Waals surface area contributed by atoms with E-state index >= 15 is 0 Å². The fourth-order valence-electron chi connectivity index (χ4n) is 2.95. The first-order chi connectivity index (χ1) is 11.2. The summed E-state index contributed by atoms with van der Waals surface area (Å²) in [5, 5.41) is 2.81. The van der Waals surface area contributed by atoms with Crippen LogP contribution in [-0.4, -0.2) is 30.8 Å². The highest BCUT2D eigenvalue weighted by Crippen LogP contribution is 2.49. The second-order valence-electron chi connectivity index (χ2n) is 6.55. The van der Waals surface area contributed by atoms with Gasteiger partial charge in [-0.3, -0.25) is 4.79 Å². The molecule has 2 atom stereocenters. The Balaban J connectivity index is 1.91. The van der Waals surface area contributed by atoms with Gasteiger partial charge in [0.15, 0.2) is 0 Å². The number of nitrogens with two attached hydrogens (primary N) is 1. The second-order valence-corrected chi connectivity index (χ2v) is 6.55. The SMILES string of the molecule is CCOC1CC(N)(C(=O)NCc2ccc(OC(F)F)cc2)C1(C)C. The van der Waals surface area contributed by atoms with E-state index in [9.17, 15) is 13.6 Å². The van der Waals surface area contributed by atoms with E-state index in [2.05, 4.69) is 10.1 Å². The third kappa shape index (κ3) is 3.52. The summed E-state index contributed by atoms with van der Waals surface area (Å²) in [6, 6.07) is 6.11. The molecule has 5 nitrogen and oxygen atoms in total. The van der Waals surface area contributed by atoms with Crippen molar-refractivity contribution in [1.29, 1.82) is 0 Å². The molecule has 0 heterocycles. The van der Waals surface area contributed by atoms with Crippen molar-refractivity contribution in [3.63, 3.8) is 0 Å². The van der Waals surface area contributed by atoms with E-state index in [4.69, 9.17) is 10.5 Å². The minimum atomic E-state index is -2.85. The van der Waals surface area contributed by atoms with Gasteiger partial charge in [0.2, 0.25) is 5.91 Å². The average Bonchev–Trinajstić information content (AvgIpc) is 2.53. The van der Waals surface area contributed by atoms with Crippen LogP contribution >= 0.6 is 0 Å². The highest BCUT2D eigenvalue weighted by molar-refractivity contribution is 5.88. The number of halogens is 2. The Morgan fingerprint density at radius 2 is 2.00 bits per heavy atom. The zero-order valence-electron chi connectivity index (χ0n) is 14.1. The highest BCUT2D eigenvalue weighted by Gasteiger charge is 2.62. The molecule has 1 aromatic rings. The molecule has 0 aliphatic heterocycles. The summed E-state index contributed by atoms with van der Waals surface area (Å²) < 4.78 is 34.1. The minimum absolute atomic E-state index is 0.0379. The number of ether oxygens (including phenoxy) is 2. The third-order valence-corrected chi connectivity index (χ3v) is 4.84. The Bertz CT molecular complexity index is 578. The van der Waals surface area contributed by atoms with E-state index in [0.29, 0.717) is 13.0 Å². The summed E-state index contributed by atoms with van der Waals surface area (Å²) in [4.78, 5) is 12.5. The Kier molecular flexibility index (Phi) is 5.45. The monoisotopic (exact) mass is 342 g/mol. The van der Waals surface area contributed by atoms with Crippen LogP contribution in [0.4, 0.5) is 8.78 Å². The van der Waals surface area contributed by atoms with Gasteiger partial charge in [-0.15, -0.1) is 0 Å². The Morgan fingerprint density at radius 3 is 2.50 bits per heavy atom. The quantitative estimate of drug-likeness (QED) is 0.798. The number of benzene rings is 1. The third-order valence-electron chi connectivity index (χ3n) is 4.84. The van der Waals surface area contributed by atoms with Gasteiger partial charge in [0.25, 0.3) is 0 Å². The molecule has 0 aromatic heterocycles. The highest BCUT2D eigenvalue weighted by atomic mass is 19.3. The predicted octanol–water partition coefficient (Wildman–Crippen LogP) is 2.44. The van der Waals surface area contributed by atoms with Gasteiger partial charge in [0.1, 0.15) is 11.3 Å². The van der Waals surface area contributed by atoms with Gasteiger partial charge in [-0.2, -0.15) is 8.78 Å². The van der Waals surface area contributed by atoms with Crippen molar-refractivity contribution in [2.45, 2.75) is 52.0 Å². The van der Waals surface area contributed by atoms with E-state index in [-0.39, 0.29) is 24.3 Å². The van der Waals surface area contributed by atoms with Crippen molar-refractivity contribution < 1.29 is 23.0 Å². The van der Waals surface area contributed by atoms with Crippen LogP contribution in [0.25, 0.3) is 0 Å². The largest absolute Gasteiger partial charge is 0.435 e. The topological polar surface area (TPSA) is 73.6 Å². The number of nitrogens with one attached hydrogen (secondary N) is 1. The van der Waals surface area contributed by atoms with E-state index in [0.717, 1.165) is 5.56 Å². The molecule has 0 saturated heterocycles. The minimum Gasteiger partial charge on any atom is -0.435 e. The molecule has 1 fully saturated rings. The molecule has 1 amide bonds. The lowest BCUT2D eigenvalue weighted by Gasteiger charge is -2.57. The van der Waals surface area contributed by atoms with Gasteiger partial charge in [-0.05, 0) is 24.6 Å². The Labute approximate surface area is 140 Å². The molecular formula is C17H24F2N2O3. The number of rotatable bonds is 7. The molecule has 3 N–H and O–H groups in total. The number of carbonyl (C=O) groups is 1. The zero-order chi connectivity index (χ0) is 18.0. The molecular weight excluding hydrogens is 318 g/mol. The van der Waals surface area contributed by atoms with Gasteiger partial charge in [0, 0.05) is 25.0 Å². The molecule has 7 heteroatoms. The maximum absolute atomic E-state index is 12.5. The maximum Gasteiger partial charge on any atom is 0.387 e. The number of hydrogen-bond acceptors (Lipinski definition) is 4.